The van der Waals surface area contributed by atoms with Gasteiger partial charge in [0.15, 0.2) is 0 Å². The molecule has 1 rings (SSSR count). The number of benzene rings is 1. The molecule has 0 aliphatic heterocycles. The van der Waals surface area contributed by atoms with Gasteiger partial charge in [0.05, 0.1) is 19.1 Å². The van der Waals surface area contributed by atoms with E-state index in [2.05, 4.69) is 6.07 Å². The highest BCUT2D eigenvalue weighted by molar-refractivity contribution is 6.31. The van der Waals surface area contributed by atoms with E-state index in [0.29, 0.717) is 10.8 Å². The molecule has 0 aliphatic rings. The second-order valence-corrected chi connectivity index (χ2v) is 4.15. The molecule has 0 N–H and O–H groups in total. The van der Waals surface area contributed by atoms with Gasteiger partial charge < -0.3 is 4.74 Å². The Hall–Kier alpha value is -1.20. The van der Waals surface area contributed by atoms with Gasteiger partial charge in [-0.05, 0) is 23.6 Å². The average molecular weight is 224 g/mol. The Morgan fingerprint density at radius 2 is 2.07 bits per heavy atom. The van der Waals surface area contributed by atoms with E-state index in [-0.39, 0.29) is 11.8 Å². The minimum absolute atomic E-state index is 0.164. The van der Waals surface area contributed by atoms with Crippen molar-refractivity contribution >= 4 is 11.6 Å². The van der Waals surface area contributed by atoms with Crippen LogP contribution in [0.5, 0.6) is 5.75 Å². The molecule has 0 spiro atoms. The molecule has 0 radical (unpaired) electrons. The lowest BCUT2D eigenvalue weighted by molar-refractivity contribution is 0.414. The maximum absolute atomic E-state index is 9.06. The van der Waals surface area contributed by atoms with Crippen molar-refractivity contribution in [3.63, 3.8) is 0 Å². The first kappa shape index (κ1) is 11.9. The van der Waals surface area contributed by atoms with Crippen LogP contribution in [0.3, 0.4) is 0 Å². The highest BCUT2D eigenvalue weighted by atomic mass is 35.5. The van der Waals surface area contributed by atoms with Crippen molar-refractivity contribution in [3.8, 4) is 11.8 Å². The summed E-state index contributed by atoms with van der Waals surface area (Å²) >= 11 is 6.09. The lowest BCUT2D eigenvalue weighted by Gasteiger charge is -2.15. The first-order chi connectivity index (χ1) is 7.10. The third-order valence-electron chi connectivity index (χ3n) is 2.35. The zero-order valence-corrected chi connectivity index (χ0v) is 9.88. The monoisotopic (exact) mass is 223 g/mol. The molecule has 1 aromatic rings. The topological polar surface area (TPSA) is 33.0 Å². The number of rotatable bonds is 3. The van der Waals surface area contributed by atoms with Crippen LogP contribution in [0.2, 0.25) is 5.02 Å². The van der Waals surface area contributed by atoms with Gasteiger partial charge in [-0.2, -0.15) is 5.26 Å². The van der Waals surface area contributed by atoms with E-state index < -0.39 is 0 Å². The molecule has 0 aromatic heterocycles. The summed E-state index contributed by atoms with van der Waals surface area (Å²) < 4.78 is 5.06. The summed E-state index contributed by atoms with van der Waals surface area (Å²) in [7, 11) is 1.59. The molecule has 1 aromatic carbocycles. The van der Waals surface area contributed by atoms with E-state index in [1.165, 1.54) is 0 Å². The van der Waals surface area contributed by atoms with Crippen LogP contribution in [0, 0.1) is 17.2 Å². The van der Waals surface area contributed by atoms with E-state index in [1.807, 2.05) is 26.0 Å². The second kappa shape index (κ2) is 5.04. The smallest absolute Gasteiger partial charge is 0.120 e. The van der Waals surface area contributed by atoms with E-state index in [9.17, 15) is 0 Å². The van der Waals surface area contributed by atoms with E-state index in [4.69, 9.17) is 21.6 Å². The summed E-state index contributed by atoms with van der Waals surface area (Å²) in [5.41, 5.74) is 0.870. The standard InChI is InChI=1S/C12H14ClNO/c1-8(2)11(7-14)10-5-4-9(15-3)6-12(10)13/h4-6,8,11H,1-3H3. The van der Waals surface area contributed by atoms with Crippen molar-refractivity contribution in [2.75, 3.05) is 7.11 Å². The molecule has 1 atom stereocenters. The van der Waals surface area contributed by atoms with Crippen molar-refractivity contribution in [1.82, 2.24) is 0 Å². The lowest BCUT2D eigenvalue weighted by Crippen LogP contribution is -2.04. The van der Waals surface area contributed by atoms with Crippen LogP contribution in [-0.2, 0) is 0 Å². The molecule has 0 heterocycles. The first-order valence-corrected chi connectivity index (χ1v) is 5.21. The molecule has 0 saturated carbocycles. The van der Waals surface area contributed by atoms with Gasteiger partial charge in [-0.1, -0.05) is 31.5 Å². The van der Waals surface area contributed by atoms with Gasteiger partial charge >= 0.3 is 0 Å². The van der Waals surface area contributed by atoms with Gasteiger partial charge in [0, 0.05) is 5.02 Å². The minimum Gasteiger partial charge on any atom is -0.497 e. The summed E-state index contributed by atoms with van der Waals surface area (Å²) in [6, 6.07) is 7.69. The summed E-state index contributed by atoms with van der Waals surface area (Å²) in [5.74, 6) is 0.800. The Balaban J connectivity index is 3.10. The fourth-order valence-corrected chi connectivity index (χ4v) is 1.75. The fourth-order valence-electron chi connectivity index (χ4n) is 1.46. The Labute approximate surface area is 95.4 Å². The first-order valence-electron chi connectivity index (χ1n) is 4.83. The van der Waals surface area contributed by atoms with E-state index in [1.54, 1.807) is 13.2 Å². The summed E-state index contributed by atoms with van der Waals surface area (Å²) in [5, 5.41) is 9.65. The van der Waals surface area contributed by atoms with Gasteiger partial charge in [0.1, 0.15) is 5.75 Å². The normalized spacial score (nSPS) is 12.3. The van der Waals surface area contributed by atoms with E-state index >= 15 is 0 Å². The highest BCUT2D eigenvalue weighted by Crippen LogP contribution is 2.32. The summed E-state index contributed by atoms with van der Waals surface area (Å²) in [4.78, 5) is 0. The SMILES string of the molecule is COc1ccc(C(C#N)C(C)C)c(Cl)c1. The van der Waals surface area contributed by atoms with Crippen molar-refractivity contribution < 1.29 is 4.74 Å². The van der Waals surface area contributed by atoms with Gasteiger partial charge in [0.25, 0.3) is 0 Å². The van der Waals surface area contributed by atoms with Gasteiger partial charge in [-0.15, -0.1) is 0 Å². The van der Waals surface area contributed by atoms with Crippen LogP contribution in [0.25, 0.3) is 0 Å². The second-order valence-electron chi connectivity index (χ2n) is 3.74. The summed E-state index contributed by atoms with van der Waals surface area (Å²) in [6.45, 7) is 4.02. The quantitative estimate of drug-likeness (QED) is 0.784. The fraction of sp³-hybridized carbons (Fsp3) is 0.417. The molecule has 80 valence electrons. The number of ether oxygens (including phenoxy) is 1. The molecular formula is C12H14ClNO. The Morgan fingerprint density at radius 3 is 2.47 bits per heavy atom. The van der Waals surface area contributed by atoms with Crippen LogP contribution >= 0.6 is 11.6 Å². The zero-order valence-electron chi connectivity index (χ0n) is 9.12. The van der Waals surface area contributed by atoms with Crippen LogP contribution < -0.4 is 4.74 Å². The molecule has 0 bridgehead atoms. The zero-order chi connectivity index (χ0) is 11.4. The van der Waals surface area contributed by atoms with Crippen molar-refractivity contribution in [1.29, 1.82) is 5.26 Å². The van der Waals surface area contributed by atoms with Crippen LogP contribution in [0.15, 0.2) is 18.2 Å². The lowest BCUT2D eigenvalue weighted by atomic mass is 9.90. The number of nitrogens with zero attached hydrogens (tertiary/aromatic N) is 1. The average Bonchev–Trinajstić information content (AvgIpc) is 2.20. The van der Waals surface area contributed by atoms with Crippen LogP contribution in [-0.4, -0.2) is 7.11 Å². The van der Waals surface area contributed by atoms with E-state index in [0.717, 1.165) is 5.56 Å². The number of halogens is 1. The molecule has 1 unspecified atom stereocenters. The Bertz CT molecular complexity index is 382. The predicted molar refractivity (Wildman–Crippen MR) is 61.2 cm³/mol. The Kier molecular flexibility index (Phi) is 3.99. The molecule has 0 fully saturated rings. The minimum atomic E-state index is -0.164. The maximum atomic E-state index is 9.06. The number of hydrogen-bond donors (Lipinski definition) is 0. The number of hydrogen-bond acceptors (Lipinski definition) is 2. The predicted octanol–water partition coefficient (Wildman–Crippen LogP) is 3.61. The third kappa shape index (κ3) is 2.64. The number of methoxy groups -OCH3 is 1. The summed E-state index contributed by atoms with van der Waals surface area (Å²) in [6.07, 6.45) is 0. The molecule has 3 heteroatoms. The van der Waals surface area contributed by atoms with Crippen LogP contribution in [0.4, 0.5) is 0 Å². The number of nitriles is 1. The molecular weight excluding hydrogens is 210 g/mol. The third-order valence-corrected chi connectivity index (χ3v) is 2.68. The molecule has 15 heavy (non-hydrogen) atoms. The maximum Gasteiger partial charge on any atom is 0.120 e. The van der Waals surface area contributed by atoms with Gasteiger partial charge in [0.2, 0.25) is 0 Å². The van der Waals surface area contributed by atoms with Crippen molar-refractivity contribution in [2.45, 2.75) is 19.8 Å². The molecule has 0 amide bonds. The molecule has 2 nitrogen and oxygen atoms in total. The van der Waals surface area contributed by atoms with Crippen LogP contribution in [0.1, 0.15) is 25.3 Å². The highest BCUT2D eigenvalue weighted by Gasteiger charge is 2.18. The van der Waals surface area contributed by atoms with Gasteiger partial charge in [-0.3, -0.25) is 0 Å². The Morgan fingerprint density at radius 1 is 1.40 bits per heavy atom. The van der Waals surface area contributed by atoms with Gasteiger partial charge in [-0.25, -0.2) is 0 Å². The van der Waals surface area contributed by atoms with Crippen molar-refractivity contribution in [2.24, 2.45) is 5.92 Å². The largest absolute Gasteiger partial charge is 0.497 e. The van der Waals surface area contributed by atoms with Crippen molar-refractivity contribution in [3.05, 3.63) is 28.8 Å². The molecule has 0 saturated heterocycles. The molecule has 0 aliphatic carbocycles.